The molecule has 0 radical (unpaired) electrons. The number of rotatable bonds is 6. The van der Waals surface area contributed by atoms with Crippen LogP contribution in [-0.2, 0) is 4.79 Å². The molecule has 0 spiro atoms. The van der Waals surface area contributed by atoms with Gasteiger partial charge < -0.3 is 20.1 Å². The van der Waals surface area contributed by atoms with Crippen LogP contribution in [0.2, 0.25) is 5.02 Å². The second-order valence-electron chi connectivity index (χ2n) is 6.38. The number of benzene rings is 1. The number of hydrogen-bond acceptors (Lipinski definition) is 4. The highest BCUT2D eigenvalue weighted by Gasteiger charge is 2.33. The number of ether oxygens (including phenoxy) is 1. The van der Waals surface area contributed by atoms with E-state index in [0.29, 0.717) is 44.1 Å². The molecule has 6 heteroatoms. The molecule has 1 heterocycles. The number of aliphatic hydroxyl groups excluding tert-OH is 1. The topological polar surface area (TPSA) is 61.8 Å². The minimum Gasteiger partial charge on any atom is -0.492 e. The van der Waals surface area contributed by atoms with Crippen LogP contribution in [0.15, 0.2) is 24.3 Å². The fourth-order valence-electron chi connectivity index (χ4n) is 2.60. The normalized spacial score (nSPS) is 16.4. The van der Waals surface area contributed by atoms with Gasteiger partial charge in [-0.25, -0.2) is 0 Å². The van der Waals surface area contributed by atoms with E-state index in [9.17, 15) is 9.90 Å². The predicted octanol–water partition coefficient (Wildman–Crippen LogP) is 2.07. The summed E-state index contributed by atoms with van der Waals surface area (Å²) in [5.41, 5.74) is -0.647. The molecule has 0 aliphatic carbocycles. The van der Waals surface area contributed by atoms with Gasteiger partial charge in [0.15, 0.2) is 0 Å². The van der Waals surface area contributed by atoms with Gasteiger partial charge in [0.2, 0.25) is 5.91 Å². The molecule has 2 N–H and O–H groups in total. The lowest BCUT2D eigenvalue weighted by atomic mass is 10.0. The van der Waals surface area contributed by atoms with Crippen molar-refractivity contribution >= 4 is 17.5 Å². The lowest BCUT2D eigenvalue weighted by molar-refractivity contribution is -0.139. The average molecular weight is 341 g/mol. The number of hydrogen-bond donors (Lipinski definition) is 2. The maximum atomic E-state index is 12.6. The number of carbonyl (C=O) groups excluding carboxylic acids is 1. The Hall–Kier alpha value is -1.30. The molecular formula is C17H25ClN2O3. The van der Waals surface area contributed by atoms with Gasteiger partial charge in [0, 0.05) is 24.7 Å². The summed E-state index contributed by atoms with van der Waals surface area (Å²) in [4.78, 5) is 14.4. The van der Waals surface area contributed by atoms with Gasteiger partial charge in [-0.15, -0.1) is 0 Å². The monoisotopic (exact) mass is 340 g/mol. The van der Waals surface area contributed by atoms with Gasteiger partial charge in [-0.2, -0.15) is 0 Å². The molecule has 0 atom stereocenters. The Kier molecular flexibility index (Phi) is 6.27. The first kappa shape index (κ1) is 18.0. The maximum absolute atomic E-state index is 12.6. The summed E-state index contributed by atoms with van der Waals surface area (Å²) in [5.74, 6) is 0.821. The van der Waals surface area contributed by atoms with Crippen molar-refractivity contribution < 1.29 is 14.6 Å². The fourth-order valence-corrected chi connectivity index (χ4v) is 2.73. The molecule has 1 amide bonds. The summed E-state index contributed by atoms with van der Waals surface area (Å²) in [5, 5.41) is 13.5. The van der Waals surface area contributed by atoms with Crippen LogP contribution in [0.5, 0.6) is 5.75 Å². The lowest BCUT2D eigenvalue weighted by Gasteiger charge is -2.36. The van der Waals surface area contributed by atoms with Crippen LogP contribution in [0.4, 0.5) is 0 Å². The molecule has 0 unspecified atom stereocenters. The Morgan fingerprint density at radius 3 is 2.57 bits per heavy atom. The van der Waals surface area contributed by atoms with Crippen LogP contribution >= 0.6 is 11.6 Å². The van der Waals surface area contributed by atoms with Crippen LogP contribution < -0.4 is 10.1 Å². The largest absolute Gasteiger partial charge is 0.492 e. The number of carbonyl (C=O) groups is 1. The molecule has 0 bridgehead atoms. The standard InChI is InChI=1S/C17H25ClN2O3/c1-17(2,16(22)20-10-7-14(21)8-11-20)19-9-12-23-15-5-3-13(18)4-6-15/h3-6,14,19,21H,7-12H2,1-2H3. The van der Waals surface area contributed by atoms with Crippen LogP contribution in [0, 0.1) is 0 Å². The molecule has 1 aromatic rings. The van der Waals surface area contributed by atoms with E-state index in [1.54, 1.807) is 12.1 Å². The average Bonchev–Trinajstić information content (AvgIpc) is 2.53. The third-order valence-electron chi connectivity index (χ3n) is 4.04. The molecule has 128 valence electrons. The first-order valence-electron chi connectivity index (χ1n) is 7.99. The van der Waals surface area contributed by atoms with Gasteiger partial charge >= 0.3 is 0 Å². The molecule has 0 aromatic heterocycles. The zero-order valence-corrected chi connectivity index (χ0v) is 14.5. The van der Waals surface area contributed by atoms with E-state index in [1.807, 2.05) is 30.9 Å². The Morgan fingerprint density at radius 1 is 1.35 bits per heavy atom. The van der Waals surface area contributed by atoms with Crippen molar-refractivity contribution in [3.63, 3.8) is 0 Å². The van der Waals surface area contributed by atoms with Gasteiger partial charge in [0.05, 0.1) is 11.6 Å². The van der Waals surface area contributed by atoms with Crippen molar-refractivity contribution in [1.82, 2.24) is 10.2 Å². The Balaban J connectivity index is 1.74. The number of nitrogens with one attached hydrogen (secondary N) is 1. The van der Waals surface area contributed by atoms with Crippen molar-refractivity contribution in [2.75, 3.05) is 26.2 Å². The Labute approximate surface area is 142 Å². The zero-order valence-electron chi connectivity index (χ0n) is 13.7. The van der Waals surface area contributed by atoms with Crippen LogP contribution in [0.3, 0.4) is 0 Å². The number of nitrogens with zero attached hydrogens (tertiary/aromatic N) is 1. The van der Waals surface area contributed by atoms with Crippen molar-refractivity contribution in [2.24, 2.45) is 0 Å². The van der Waals surface area contributed by atoms with Crippen LogP contribution in [-0.4, -0.2) is 53.8 Å². The summed E-state index contributed by atoms with van der Waals surface area (Å²) in [6, 6.07) is 7.19. The van der Waals surface area contributed by atoms with Gasteiger partial charge in [-0.1, -0.05) is 11.6 Å². The van der Waals surface area contributed by atoms with Crippen molar-refractivity contribution in [1.29, 1.82) is 0 Å². The van der Waals surface area contributed by atoms with E-state index < -0.39 is 5.54 Å². The van der Waals surface area contributed by atoms with Gasteiger partial charge in [0.25, 0.3) is 0 Å². The third-order valence-corrected chi connectivity index (χ3v) is 4.29. The Morgan fingerprint density at radius 2 is 1.96 bits per heavy atom. The number of piperidine rings is 1. The summed E-state index contributed by atoms with van der Waals surface area (Å²) < 4.78 is 5.62. The first-order chi connectivity index (χ1) is 10.9. The van der Waals surface area contributed by atoms with Crippen molar-refractivity contribution in [3.8, 4) is 5.75 Å². The molecule has 23 heavy (non-hydrogen) atoms. The maximum Gasteiger partial charge on any atom is 0.242 e. The molecule has 2 rings (SSSR count). The number of halogens is 1. The van der Waals surface area contributed by atoms with Gasteiger partial charge in [-0.3, -0.25) is 4.79 Å². The van der Waals surface area contributed by atoms with Crippen LogP contribution in [0.1, 0.15) is 26.7 Å². The highest BCUT2D eigenvalue weighted by Crippen LogP contribution is 2.16. The van der Waals surface area contributed by atoms with E-state index >= 15 is 0 Å². The zero-order chi connectivity index (χ0) is 16.9. The molecule has 1 saturated heterocycles. The van der Waals surface area contributed by atoms with E-state index in [0.717, 1.165) is 5.75 Å². The summed E-state index contributed by atoms with van der Waals surface area (Å²) >= 11 is 5.82. The molecule has 1 aliphatic heterocycles. The smallest absolute Gasteiger partial charge is 0.242 e. The molecule has 1 aliphatic rings. The van der Waals surface area contributed by atoms with Crippen molar-refractivity contribution in [3.05, 3.63) is 29.3 Å². The predicted molar refractivity (Wildman–Crippen MR) is 90.8 cm³/mol. The number of likely N-dealkylation sites (tertiary alicyclic amines) is 1. The summed E-state index contributed by atoms with van der Waals surface area (Å²) in [7, 11) is 0. The number of aliphatic hydroxyl groups is 1. The molecule has 0 saturated carbocycles. The minimum absolute atomic E-state index is 0.0656. The van der Waals surface area contributed by atoms with E-state index in [1.165, 1.54) is 0 Å². The molecular weight excluding hydrogens is 316 g/mol. The van der Waals surface area contributed by atoms with Crippen molar-refractivity contribution in [2.45, 2.75) is 38.3 Å². The Bertz CT molecular complexity index is 511. The second-order valence-corrected chi connectivity index (χ2v) is 6.81. The quantitative estimate of drug-likeness (QED) is 0.778. The molecule has 5 nitrogen and oxygen atoms in total. The summed E-state index contributed by atoms with van der Waals surface area (Å²) in [6.45, 7) is 6.03. The van der Waals surface area contributed by atoms with E-state index in [2.05, 4.69) is 5.32 Å². The minimum atomic E-state index is -0.647. The first-order valence-corrected chi connectivity index (χ1v) is 8.37. The second kappa shape index (κ2) is 7.99. The SMILES string of the molecule is CC(C)(NCCOc1ccc(Cl)cc1)C(=O)N1CCC(O)CC1. The molecule has 1 aromatic carbocycles. The fraction of sp³-hybridized carbons (Fsp3) is 0.588. The van der Waals surface area contributed by atoms with E-state index in [-0.39, 0.29) is 12.0 Å². The third kappa shape index (κ3) is 5.37. The lowest BCUT2D eigenvalue weighted by Crippen LogP contribution is -2.56. The van der Waals surface area contributed by atoms with E-state index in [4.69, 9.17) is 16.3 Å². The van der Waals surface area contributed by atoms with Gasteiger partial charge in [-0.05, 0) is 51.0 Å². The number of amides is 1. The molecule has 1 fully saturated rings. The highest BCUT2D eigenvalue weighted by molar-refractivity contribution is 6.30. The highest BCUT2D eigenvalue weighted by atomic mass is 35.5. The van der Waals surface area contributed by atoms with Crippen LogP contribution in [0.25, 0.3) is 0 Å². The van der Waals surface area contributed by atoms with Gasteiger partial charge in [0.1, 0.15) is 12.4 Å². The summed E-state index contributed by atoms with van der Waals surface area (Å²) in [6.07, 6.45) is 1.03.